The number of nitrogens with zero attached hydrogens (tertiary/aromatic N) is 1. The van der Waals surface area contributed by atoms with Crippen molar-refractivity contribution in [2.75, 3.05) is 12.4 Å². The zero-order valence-corrected chi connectivity index (χ0v) is 22.7. The fourth-order valence-electron chi connectivity index (χ4n) is 5.55. The number of hydrogen-bond donors (Lipinski definition) is 0. The van der Waals surface area contributed by atoms with Gasteiger partial charge in [0.15, 0.2) is 0 Å². The molecule has 2 aliphatic rings. The van der Waals surface area contributed by atoms with E-state index in [9.17, 15) is 9.59 Å². The third kappa shape index (κ3) is 6.41. The number of benzene rings is 3. The standard InChI is InChI=1S/C32H35NO4S/c1-2-36-32(35)26-12-16-29(17-13-26)37-30-20-27-14-15-28(21-30)33(27)31(34)25-10-8-24(9-11-25)22-38-19-18-23-6-4-3-5-7-23/h3-13,16-17,27-28,30H,2,14-15,18-22H2,1H3. The van der Waals surface area contributed by atoms with Gasteiger partial charge in [-0.05, 0) is 79.5 Å². The number of ether oxygens (including phenoxy) is 2. The predicted octanol–water partition coefficient (Wildman–Crippen LogP) is 6.55. The van der Waals surface area contributed by atoms with Crippen molar-refractivity contribution in [2.45, 2.75) is 63.0 Å². The molecule has 2 aliphatic heterocycles. The maximum Gasteiger partial charge on any atom is 0.338 e. The number of fused-ring (bicyclic) bond motifs is 2. The summed E-state index contributed by atoms with van der Waals surface area (Å²) in [7, 11) is 0. The van der Waals surface area contributed by atoms with Crippen LogP contribution in [0.25, 0.3) is 0 Å². The number of carbonyl (C=O) groups is 2. The molecule has 3 aromatic carbocycles. The van der Waals surface area contributed by atoms with Crippen LogP contribution in [-0.4, -0.2) is 47.3 Å². The van der Waals surface area contributed by atoms with E-state index in [1.807, 2.05) is 36.0 Å². The van der Waals surface area contributed by atoms with E-state index in [-0.39, 0.29) is 30.1 Å². The molecule has 0 saturated carbocycles. The van der Waals surface area contributed by atoms with Gasteiger partial charge in [0.1, 0.15) is 11.9 Å². The summed E-state index contributed by atoms with van der Waals surface area (Å²) in [6.45, 7) is 2.15. The summed E-state index contributed by atoms with van der Waals surface area (Å²) in [6, 6.07) is 26.3. The maximum absolute atomic E-state index is 13.4. The minimum Gasteiger partial charge on any atom is -0.490 e. The van der Waals surface area contributed by atoms with Gasteiger partial charge >= 0.3 is 5.97 Å². The van der Waals surface area contributed by atoms with Crippen molar-refractivity contribution >= 4 is 23.6 Å². The zero-order chi connectivity index (χ0) is 26.3. The molecule has 0 radical (unpaired) electrons. The molecule has 1 amide bonds. The Morgan fingerprint density at radius 2 is 1.50 bits per heavy atom. The fraction of sp³-hybridized carbons (Fsp3) is 0.375. The minimum atomic E-state index is -0.321. The van der Waals surface area contributed by atoms with Crippen LogP contribution in [0.1, 0.15) is 64.4 Å². The number of hydrogen-bond acceptors (Lipinski definition) is 5. The van der Waals surface area contributed by atoms with E-state index in [1.165, 1.54) is 11.1 Å². The van der Waals surface area contributed by atoms with E-state index in [4.69, 9.17) is 9.47 Å². The van der Waals surface area contributed by atoms with Crippen LogP contribution in [0, 0.1) is 0 Å². The molecule has 2 bridgehead atoms. The van der Waals surface area contributed by atoms with Gasteiger partial charge in [0.05, 0.1) is 12.2 Å². The summed E-state index contributed by atoms with van der Waals surface area (Å²) in [5, 5.41) is 0. The lowest BCUT2D eigenvalue weighted by atomic mass is 9.98. The van der Waals surface area contributed by atoms with E-state index < -0.39 is 0 Å². The van der Waals surface area contributed by atoms with Crippen LogP contribution in [0.3, 0.4) is 0 Å². The second kappa shape index (κ2) is 12.5. The number of amides is 1. The Bertz CT molecular complexity index is 1200. The Kier molecular flexibility index (Phi) is 8.69. The zero-order valence-electron chi connectivity index (χ0n) is 21.9. The number of thioether (sulfide) groups is 1. The predicted molar refractivity (Wildman–Crippen MR) is 152 cm³/mol. The molecule has 38 heavy (non-hydrogen) atoms. The second-order valence-corrected chi connectivity index (χ2v) is 11.1. The highest BCUT2D eigenvalue weighted by Crippen LogP contribution is 2.38. The molecule has 6 heteroatoms. The first-order valence-electron chi connectivity index (χ1n) is 13.6. The minimum absolute atomic E-state index is 0.0697. The third-order valence-electron chi connectivity index (χ3n) is 7.44. The lowest BCUT2D eigenvalue weighted by molar-refractivity contribution is 0.0359. The van der Waals surface area contributed by atoms with Crippen LogP contribution in [0.2, 0.25) is 0 Å². The Morgan fingerprint density at radius 3 is 2.16 bits per heavy atom. The first-order valence-corrected chi connectivity index (χ1v) is 14.7. The summed E-state index contributed by atoms with van der Waals surface area (Å²) in [5.74, 6) is 2.60. The molecule has 198 valence electrons. The van der Waals surface area contributed by atoms with Crippen molar-refractivity contribution in [3.8, 4) is 5.75 Å². The average Bonchev–Trinajstić information content (AvgIpc) is 3.22. The Morgan fingerprint density at radius 1 is 0.842 bits per heavy atom. The monoisotopic (exact) mass is 529 g/mol. The molecule has 2 atom stereocenters. The lowest BCUT2D eigenvalue weighted by Crippen LogP contribution is -2.49. The van der Waals surface area contributed by atoms with Crippen LogP contribution in [-0.2, 0) is 16.9 Å². The molecule has 5 nitrogen and oxygen atoms in total. The van der Waals surface area contributed by atoms with Crippen LogP contribution in [0.4, 0.5) is 0 Å². The van der Waals surface area contributed by atoms with E-state index >= 15 is 0 Å². The molecule has 0 aliphatic carbocycles. The smallest absolute Gasteiger partial charge is 0.338 e. The van der Waals surface area contributed by atoms with Gasteiger partial charge < -0.3 is 14.4 Å². The second-order valence-electron chi connectivity index (χ2n) is 10.0. The van der Waals surface area contributed by atoms with Gasteiger partial charge in [0.25, 0.3) is 5.91 Å². The van der Waals surface area contributed by atoms with Crippen molar-refractivity contribution in [3.63, 3.8) is 0 Å². The quantitative estimate of drug-likeness (QED) is 0.220. The number of carbonyl (C=O) groups excluding carboxylic acids is 2. The fourth-order valence-corrected chi connectivity index (χ4v) is 6.50. The SMILES string of the molecule is CCOC(=O)c1ccc(OC2CC3CCC(C2)N3C(=O)c2ccc(CSCCc3ccccc3)cc2)cc1. The van der Waals surface area contributed by atoms with Crippen molar-refractivity contribution in [3.05, 3.63) is 101 Å². The highest BCUT2D eigenvalue weighted by molar-refractivity contribution is 7.98. The number of esters is 1. The van der Waals surface area contributed by atoms with Gasteiger partial charge in [-0.1, -0.05) is 42.5 Å². The van der Waals surface area contributed by atoms with E-state index in [0.717, 1.165) is 54.9 Å². The first kappa shape index (κ1) is 26.4. The largest absolute Gasteiger partial charge is 0.490 e. The first-order chi connectivity index (χ1) is 18.6. The van der Waals surface area contributed by atoms with Crippen molar-refractivity contribution < 1.29 is 19.1 Å². The van der Waals surface area contributed by atoms with Crippen LogP contribution in [0.5, 0.6) is 5.75 Å². The van der Waals surface area contributed by atoms with Crippen molar-refractivity contribution in [2.24, 2.45) is 0 Å². The normalized spacial score (nSPS) is 20.2. The van der Waals surface area contributed by atoms with Crippen LogP contribution < -0.4 is 4.74 Å². The van der Waals surface area contributed by atoms with Gasteiger partial charge in [0, 0.05) is 36.2 Å². The lowest BCUT2D eigenvalue weighted by Gasteiger charge is -2.39. The average molecular weight is 530 g/mol. The van der Waals surface area contributed by atoms with E-state index in [1.54, 1.807) is 19.1 Å². The summed E-state index contributed by atoms with van der Waals surface area (Å²) < 4.78 is 11.3. The van der Waals surface area contributed by atoms with E-state index in [0.29, 0.717) is 12.2 Å². The molecule has 2 fully saturated rings. The molecule has 2 unspecified atom stereocenters. The van der Waals surface area contributed by atoms with Gasteiger partial charge in [-0.3, -0.25) is 4.79 Å². The molecule has 2 heterocycles. The molecule has 3 aromatic rings. The molecular weight excluding hydrogens is 494 g/mol. The molecule has 5 rings (SSSR count). The molecular formula is C32H35NO4S. The van der Waals surface area contributed by atoms with Crippen molar-refractivity contribution in [1.29, 1.82) is 0 Å². The van der Waals surface area contributed by atoms with Gasteiger partial charge in [-0.2, -0.15) is 11.8 Å². The Balaban J connectivity index is 1.11. The molecule has 0 aromatic heterocycles. The third-order valence-corrected chi connectivity index (χ3v) is 8.47. The maximum atomic E-state index is 13.4. The summed E-state index contributed by atoms with van der Waals surface area (Å²) in [6.07, 6.45) is 4.85. The van der Waals surface area contributed by atoms with Gasteiger partial charge in [-0.25, -0.2) is 4.79 Å². The molecule has 2 saturated heterocycles. The Labute approximate surface area is 229 Å². The van der Waals surface area contributed by atoms with Gasteiger partial charge in [0.2, 0.25) is 0 Å². The van der Waals surface area contributed by atoms with Crippen LogP contribution in [0.15, 0.2) is 78.9 Å². The van der Waals surface area contributed by atoms with Crippen molar-refractivity contribution in [1.82, 2.24) is 4.90 Å². The topological polar surface area (TPSA) is 55.8 Å². The highest BCUT2D eigenvalue weighted by Gasteiger charge is 2.44. The number of piperidine rings is 1. The number of rotatable bonds is 10. The van der Waals surface area contributed by atoms with E-state index in [2.05, 4.69) is 47.4 Å². The molecule has 0 N–H and O–H groups in total. The highest BCUT2D eigenvalue weighted by atomic mass is 32.2. The Hall–Kier alpha value is -3.25. The summed E-state index contributed by atoms with van der Waals surface area (Å²) in [4.78, 5) is 27.4. The molecule has 0 spiro atoms. The summed E-state index contributed by atoms with van der Waals surface area (Å²) in [5.41, 5.74) is 3.92. The number of aryl methyl sites for hydroxylation is 1. The summed E-state index contributed by atoms with van der Waals surface area (Å²) >= 11 is 1.93. The van der Waals surface area contributed by atoms with Crippen LogP contribution >= 0.6 is 11.8 Å². The van der Waals surface area contributed by atoms with Gasteiger partial charge in [-0.15, -0.1) is 0 Å².